The van der Waals surface area contributed by atoms with E-state index in [1.807, 2.05) is 24.3 Å². The molecule has 1 N–H and O–H groups in total. The lowest BCUT2D eigenvalue weighted by Gasteiger charge is -2.07. The van der Waals surface area contributed by atoms with Crippen LogP contribution in [0.3, 0.4) is 0 Å². The highest BCUT2D eigenvalue weighted by Gasteiger charge is 2.11. The fourth-order valence-corrected chi connectivity index (χ4v) is 2.42. The van der Waals surface area contributed by atoms with Crippen LogP contribution in [0.5, 0.6) is 5.75 Å². The van der Waals surface area contributed by atoms with Crippen molar-refractivity contribution < 1.29 is 9.53 Å². The van der Waals surface area contributed by atoms with Gasteiger partial charge in [0.25, 0.3) is 5.91 Å². The minimum Gasteiger partial charge on any atom is -0.497 e. The molecular weight excluding hydrogens is 314 g/mol. The number of carbonyl (C=O) groups excluding carboxylic acids is 1. The van der Waals surface area contributed by atoms with Crippen molar-refractivity contribution in [2.24, 2.45) is 0 Å². The molecule has 25 heavy (non-hydrogen) atoms. The summed E-state index contributed by atoms with van der Waals surface area (Å²) in [5, 5.41) is 12.9. The number of hydrogen-bond donors (Lipinski definition) is 1. The van der Waals surface area contributed by atoms with Gasteiger partial charge in [0.05, 0.1) is 18.3 Å². The fourth-order valence-electron chi connectivity index (χ4n) is 2.42. The number of rotatable bonds is 4. The van der Waals surface area contributed by atoms with Gasteiger partial charge in [0, 0.05) is 11.6 Å². The molecule has 5 heteroatoms. The normalized spacial score (nSPS) is 11.0. The molecule has 0 bridgehead atoms. The average molecular weight is 329 g/mol. The van der Waals surface area contributed by atoms with E-state index in [2.05, 4.69) is 10.3 Å². The van der Waals surface area contributed by atoms with Gasteiger partial charge < -0.3 is 10.1 Å². The van der Waals surface area contributed by atoms with E-state index in [-0.39, 0.29) is 5.57 Å². The largest absolute Gasteiger partial charge is 0.497 e. The van der Waals surface area contributed by atoms with Gasteiger partial charge in [0.15, 0.2) is 0 Å². The van der Waals surface area contributed by atoms with Crippen LogP contribution in [0, 0.1) is 11.3 Å². The number of nitriles is 1. The molecule has 3 aromatic rings. The first kappa shape index (κ1) is 16.2. The molecule has 5 nitrogen and oxygen atoms in total. The molecule has 0 aliphatic heterocycles. The standard InChI is InChI=1S/C20H15N3O2/c1-25-16-9-7-14(8-10-16)12-15(13-21)20(24)23-19-6-2-5-18-17(19)4-3-11-22-18/h2-12H,1H3,(H,23,24). The molecule has 3 rings (SSSR count). The van der Waals surface area contributed by atoms with Gasteiger partial charge in [-0.15, -0.1) is 0 Å². The predicted molar refractivity (Wildman–Crippen MR) is 97.0 cm³/mol. The molecule has 122 valence electrons. The molecule has 0 atom stereocenters. The van der Waals surface area contributed by atoms with Gasteiger partial charge in [-0.05, 0) is 48.0 Å². The van der Waals surface area contributed by atoms with Crippen molar-refractivity contribution in [3.05, 3.63) is 71.9 Å². The van der Waals surface area contributed by atoms with Crippen LogP contribution < -0.4 is 10.1 Å². The third-order valence-electron chi connectivity index (χ3n) is 3.69. The van der Waals surface area contributed by atoms with E-state index in [9.17, 15) is 10.1 Å². The number of methoxy groups -OCH3 is 1. The Labute approximate surface area is 145 Å². The maximum Gasteiger partial charge on any atom is 0.266 e. The summed E-state index contributed by atoms with van der Waals surface area (Å²) in [5.74, 6) is 0.248. The molecule has 1 heterocycles. The number of aromatic nitrogens is 1. The summed E-state index contributed by atoms with van der Waals surface area (Å²) in [5.41, 5.74) is 2.16. The van der Waals surface area contributed by atoms with E-state index in [1.165, 1.54) is 6.08 Å². The Morgan fingerprint density at radius 3 is 2.68 bits per heavy atom. The summed E-state index contributed by atoms with van der Waals surface area (Å²) >= 11 is 0. The van der Waals surface area contributed by atoms with E-state index >= 15 is 0 Å². The molecule has 1 amide bonds. The minimum atomic E-state index is -0.463. The fraction of sp³-hybridized carbons (Fsp3) is 0.0500. The first-order valence-electron chi connectivity index (χ1n) is 7.62. The average Bonchev–Trinajstić information content (AvgIpc) is 2.66. The number of anilines is 1. The van der Waals surface area contributed by atoms with Crippen molar-refractivity contribution in [1.82, 2.24) is 4.98 Å². The van der Waals surface area contributed by atoms with Crippen LogP contribution in [-0.2, 0) is 4.79 Å². The second kappa shape index (κ2) is 7.28. The minimum absolute atomic E-state index is 0.0195. The van der Waals surface area contributed by atoms with E-state index in [4.69, 9.17) is 4.74 Å². The third-order valence-corrected chi connectivity index (χ3v) is 3.69. The number of ether oxygens (including phenoxy) is 1. The molecule has 0 fully saturated rings. The first-order valence-corrected chi connectivity index (χ1v) is 7.62. The number of amides is 1. The summed E-state index contributed by atoms with van der Waals surface area (Å²) in [6, 6.07) is 18.2. The van der Waals surface area contributed by atoms with E-state index in [0.717, 1.165) is 16.5 Å². The van der Waals surface area contributed by atoms with Gasteiger partial charge in [0.2, 0.25) is 0 Å². The van der Waals surface area contributed by atoms with Gasteiger partial charge in [-0.1, -0.05) is 18.2 Å². The van der Waals surface area contributed by atoms with Gasteiger partial charge >= 0.3 is 0 Å². The lowest BCUT2D eigenvalue weighted by molar-refractivity contribution is -0.112. The summed E-state index contributed by atoms with van der Waals surface area (Å²) in [6.07, 6.45) is 3.23. The van der Waals surface area contributed by atoms with E-state index in [1.54, 1.807) is 49.7 Å². The second-order valence-corrected chi connectivity index (χ2v) is 5.27. The Balaban J connectivity index is 1.87. The third kappa shape index (κ3) is 3.65. The highest BCUT2D eigenvalue weighted by molar-refractivity contribution is 6.12. The zero-order valence-corrected chi connectivity index (χ0v) is 13.6. The van der Waals surface area contributed by atoms with Gasteiger partial charge in [0.1, 0.15) is 17.4 Å². The van der Waals surface area contributed by atoms with Crippen LogP contribution in [0.4, 0.5) is 5.69 Å². The van der Waals surface area contributed by atoms with Crippen molar-refractivity contribution in [1.29, 1.82) is 5.26 Å². The molecule has 0 radical (unpaired) electrons. The molecule has 0 saturated heterocycles. The highest BCUT2D eigenvalue weighted by Crippen LogP contribution is 2.22. The smallest absolute Gasteiger partial charge is 0.266 e. The summed E-state index contributed by atoms with van der Waals surface area (Å²) in [4.78, 5) is 16.7. The number of fused-ring (bicyclic) bond motifs is 1. The van der Waals surface area contributed by atoms with Crippen LogP contribution in [-0.4, -0.2) is 18.0 Å². The van der Waals surface area contributed by atoms with Crippen LogP contribution in [0.15, 0.2) is 66.4 Å². The molecule has 0 spiro atoms. The lowest BCUT2D eigenvalue weighted by Crippen LogP contribution is -2.13. The van der Waals surface area contributed by atoms with Crippen LogP contribution in [0.1, 0.15) is 5.56 Å². The molecular formula is C20H15N3O2. The lowest BCUT2D eigenvalue weighted by atomic mass is 10.1. The monoisotopic (exact) mass is 329 g/mol. The molecule has 0 unspecified atom stereocenters. The summed E-state index contributed by atoms with van der Waals surface area (Å²) in [6.45, 7) is 0. The van der Waals surface area contributed by atoms with Gasteiger partial charge in [-0.3, -0.25) is 9.78 Å². The molecule has 0 aliphatic carbocycles. The Morgan fingerprint density at radius 2 is 1.96 bits per heavy atom. The van der Waals surface area contributed by atoms with Crippen molar-refractivity contribution in [2.45, 2.75) is 0 Å². The second-order valence-electron chi connectivity index (χ2n) is 5.27. The number of nitrogens with one attached hydrogen (secondary N) is 1. The number of hydrogen-bond acceptors (Lipinski definition) is 4. The quantitative estimate of drug-likeness (QED) is 0.584. The van der Waals surface area contributed by atoms with Crippen LogP contribution in [0.25, 0.3) is 17.0 Å². The number of benzene rings is 2. The Kier molecular flexibility index (Phi) is 4.72. The number of nitrogens with zero attached hydrogens (tertiary/aromatic N) is 2. The van der Waals surface area contributed by atoms with Crippen molar-refractivity contribution >= 4 is 28.6 Å². The maximum absolute atomic E-state index is 12.5. The molecule has 0 saturated carbocycles. The summed E-state index contributed by atoms with van der Waals surface area (Å²) < 4.78 is 5.10. The van der Waals surface area contributed by atoms with Crippen molar-refractivity contribution in [2.75, 3.05) is 12.4 Å². The highest BCUT2D eigenvalue weighted by atomic mass is 16.5. The van der Waals surface area contributed by atoms with Crippen molar-refractivity contribution in [3.8, 4) is 11.8 Å². The van der Waals surface area contributed by atoms with Crippen LogP contribution >= 0.6 is 0 Å². The van der Waals surface area contributed by atoms with Gasteiger partial charge in [-0.2, -0.15) is 5.26 Å². The summed E-state index contributed by atoms with van der Waals surface area (Å²) in [7, 11) is 1.58. The Morgan fingerprint density at radius 1 is 1.16 bits per heavy atom. The molecule has 1 aromatic heterocycles. The molecule has 2 aromatic carbocycles. The molecule has 0 aliphatic rings. The predicted octanol–water partition coefficient (Wildman–Crippen LogP) is 3.79. The number of pyridine rings is 1. The van der Waals surface area contributed by atoms with Crippen LogP contribution in [0.2, 0.25) is 0 Å². The SMILES string of the molecule is COc1ccc(C=C(C#N)C(=O)Nc2cccc3ncccc23)cc1. The maximum atomic E-state index is 12.5. The van der Waals surface area contributed by atoms with Gasteiger partial charge in [-0.25, -0.2) is 0 Å². The zero-order chi connectivity index (χ0) is 17.6. The first-order chi connectivity index (χ1) is 12.2. The number of carbonyl (C=O) groups is 1. The Bertz CT molecular complexity index is 980. The Hall–Kier alpha value is -3.65. The topological polar surface area (TPSA) is 75.0 Å². The van der Waals surface area contributed by atoms with E-state index < -0.39 is 5.91 Å². The van der Waals surface area contributed by atoms with E-state index in [0.29, 0.717) is 11.4 Å². The zero-order valence-electron chi connectivity index (χ0n) is 13.6. The van der Waals surface area contributed by atoms with Crippen molar-refractivity contribution in [3.63, 3.8) is 0 Å².